The van der Waals surface area contributed by atoms with Crippen molar-refractivity contribution in [2.24, 2.45) is 0 Å². The van der Waals surface area contributed by atoms with Crippen LogP contribution in [0.1, 0.15) is 38.5 Å². The number of hydrogen-bond donors (Lipinski definition) is 1. The second-order valence-corrected chi connectivity index (χ2v) is 5.53. The number of aliphatic hydroxyl groups excluding tert-OH is 1. The van der Waals surface area contributed by atoms with Gasteiger partial charge in [0.25, 0.3) is 0 Å². The lowest BCUT2D eigenvalue weighted by Gasteiger charge is -2.37. The standard InChI is InChI=1S/C15H21N3O3/c1-2-13(19)12-5-3-4-7-18(12)9-14-16-15(17-21-14)11-6-8-20-10-11/h6,8,10,12-13,19H,2-5,7,9H2,1H3. The maximum Gasteiger partial charge on any atom is 0.241 e. The van der Waals surface area contributed by atoms with E-state index in [9.17, 15) is 5.11 Å². The van der Waals surface area contributed by atoms with Crippen LogP contribution in [0.4, 0.5) is 0 Å². The van der Waals surface area contributed by atoms with Gasteiger partial charge in [-0.3, -0.25) is 4.90 Å². The molecule has 3 rings (SSSR count). The number of piperidine rings is 1. The van der Waals surface area contributed by atoms with Crippen molar-refractivity contribution in [1.82, 2.24) is 15.0 Å². The maximum absolute atomic E-state index is 10.2. The molecule has 21 heavy (non-hydrogen) atoms. The summed E-state index contributed by atoms with van der Waals surface area (Å²) >= 11 is 0. The van der Waals surface area contributed by atoms with Crippen LogP contribution in [-0.2, 0) is 6.54 Å². The van der Waals surface area contributed by atoms with Crippen molar-refractivity contribution in [3.63, 3.8) is 0 Å². The van der Waals surface area contributed by atoms with Crippen LogP contribution in [0.25, 0.3) is 11.4 Å². The maximum atomic E-state index is 10.2. The van der Waals surface area contributed by atoms with Crippen LogP contribution in [0.15, 0.2) is 27.5 Å². The number of likely N-dealkylation sites (tertiary alicyclic amines) is 1. The van der Waals surface area contributed by atoms with Crippen molar-refractivity contribution in [3.8, 4) is 11.4 Å². The molecule has 0 radical (unpaired) electrons. The third kappa shape index (κ3) is 3.16. The van der Waals surface area contributed by atoms with Crippen LogP contribution in [0.3, 0.4) is 0 Å². The number of aliphatic hydroxyl groups is 1. The third-order valence-corrected chi connectivity index (χ3v) is 4.11. The average Bonchev–Trinajstić information content (AvgIpc) is 3.18. The first kappa shape index (κ1) is 14.3. The van der Waals surface area contributed by atoms with Crippen molar-refractivity contribution >= 4 is 0 Å². The van der Waals surface area contributed by atoms with Gasteiger partial charge in [0.2, 0.25) is 11.7 Å². The van der Waals surface area contributed by atoms with Crippen LogP contribution in [0.2, 0.25) is 0 Å². The zero-order valence-electron chi connectivity index (χ0n) is 12.2. The van der Waals surface area contributed by atoms with E-state index in [2.05, 4.69) is 15.0 Å². The molecule has 0 aliphatic carbocycles. The van der Waals surface area contributed by atoms with Crippen LogP contribution in [-0.4, -0.2) is 38.8 Å². The molecule has 1 aliphatic rings. The lowest BCUT2D eigenvalue weighted by molar-refractivity contribution is 0.0145. The van der Waals surface area contributed by atoms with Crippen molar-refractivity contribution in [3.05, 3.63) is 24.5 Å². The van der Waals surface area contributed by atoms with Crippen LogP contribution in [0.5, 0.6) is 0 Å². The van der Waals surface area contributed by atoms with Gasteiger partial charge in [0.15, 0.2) is 0 Å². The molecule has 6 heteroatoms. The third-order valence-electron chi connectivity index (χ3n) is 4.11. The van der Waals surface area contributed by atoms with Crippen LogP contribution >= 0.6 is 0 Å². The minimum Gasteiger partial charge on any atom is -0.472 e. The Morgan fingerprint density at radius 2 is 2.38 bits per heavy atom. The highest BCUT2D eigenvalue weighted by Gasteiger charge is 2.29. The second-order valence-electron chi connectivity index (χ2n) is 5.53. The molecular formula is C15H21N3O3. The van der Waals surface area contributed by atoms with Crippen LogP contribution in [0, 0.1) is 0 Å². The Labute approximate surface area is 123 Å². The fourth-order valence-corrected chi connectivity index (χ4v) is 2.92. The average molecular weight is 291 g/mol. The minimum absolute atomic E-state index is 0.188. The summed E-state index contributed by atoms with van der Waals surface area (Å²) in [5, 5.41) is 14.1. The van der Waals surface area contributed by atoms with Gasteiger partial charge in [-0.2, -0.15) is 4.98 Å². The normalized spacial score (nSPS) is 21.5. The van der Waals surface area contributed by atoms with E-state index in [-0.39, 0.29) is 12.1 Å². The Kier molecular flexibility index (Phi) is 4.36. The fourth-order valence-electron chi connectivity index (χ4n) is 2.92. The van der Waals surface area contributed by atoms with E-state index < -0.39 is 0 Å². The van der Waals surface area contributed by atoms with Gasteiger partial charge in [0, 0.05) is 6.04 Å². The molecule has 114 valence electrons. The predicted octanol–water partition coefficient (Wildman–Crippen LogP) is 2.46. The number of aromatic nitrogens is 2. The molecule has 1 saturated heterocycles. The van der Waals surface area contributed by atoms with Gasteiger partial charge in [-0.1, -0.05) is 18.5 Å². The summed E-state index contributed by atoms with van der Waals surface area (Å²) in [5.74, 6) is 1.13. The first-order valence-corrected chi connectivity index (χ1v) is 7.55. The lowest BCUT2D eigenvalue weighted by atomic mass is 9.96. The highest BCUT2D eigenvalue weighted by atomic mass is 16.5. The smallest absolute Gasteiger partial charge is 0.241 e. The lowest BCUT2D eigenvalue weighted by Crippen LogP contribution is -2.46. The van der Waals surface area contributed by atoms with Gasteiger partial charge in [0.05, 0.1) is 24.5 Å². The minimum atomic E-state index is -0.290. The van der Waals surface area contributed by atoms with E-state index >= 15 is 0 Å². The Balaban J connectivity index is 1.70. The highest BCUT2D eigenvalue weighted by Crippen LogP contribution is 2.24. The summed E-state index contributed by atoms with van der Waals surface area (Å²) < 4.78 is 10.4. The summed E-state index contributed by atoms with van der Waals surface area (Å²) in [7, 11) is 0. The Hall–Kier alpha value is -1.66. The summed E-state index contributed by atoms with van der Waals surface area (Å²) in [6.45, 7) is 3.57. The van der Waals surface area contributed by atoms with E-state index in [1.807, 2.05) is 6.92 Å². The summed E-state index contributed by atoms with van der Waals surface area (Å²) in [4.78, 5) is 6.66. The van der Waals surface area contributed by atoms with Gasteiger partial charge >= 0.3 is 0 Å². The molecule has 1 N–H and O–H groups in total. The van der Waals surface area contributed by atoms with E-state index in [0.29, 0.717) is 18.3 Å². The molecular weight excluding hydrogens is 270 g/mol. The van der Waals surface area contributed by atoms with Gasteiger partial charge in [0.1, 0.15) is 6.26 Å². The van der Waals surface area contributed by atoms with Crippen molar-refractivity contribution in [1.29, 1.82) is 0 Å². The van der Waals surface area contributed by atoms with Crippen molar-refractivity contribution in [2.75, 3.05) is 6.54 Å². The molecule has 0 bridgehead atoms. The quantitative estimate of drug-likeness (QED) is 0.912. The predicted molar refractivity (Wildman–Crippen MR) is 76.3 cm³/mol. The topological polar surface area (TPSA) is 75.5 Å². The molecule has 1 aliphatic heterocycles. The molecule has 0 spiro atoms. The molecule has 2 aromatic rings. The number of nitrogens with zero attached hydrogens (tertiary/aromatic N) is 3. The number of rotatable bonds is 5. The first-order chi connectivity index (χ1) is 10.3. The largest absolute Gasteiger partial charge is 0.472 e. The Bertz CT molecular complexity index is 552. The molecule has 2 atom stereocenters. The monoisotopic (exact) mass is 291 g/mol. The summed E-state index contributed by atoms with van der Waals surface area (Å²) in [6.07, 6.45) is 7.01. The number of hydrogen-bond acceptors (Lipinski definition) is 6. The SMILES string of the molecule is CCC(O)C1CCCCN1Cc1nc(-c2ccoc2)no1. The molecule has 0 aromatic carbocycles. The van der Waals surface area contributed by atoms with E-state index in [4.69, 9.17) is 8.94 Å². The summed E-state index contributed by atoms with van der Waals surface area (Å²) in [5.41, 5.74) is 0.814. The molecule has 2 aromatic heterocycles. The van der Waals surface area contributed by atoms with E-state index in [0.717, 1.165) is 31.4 Å². The Morgan fingerprint density at radius 1 is 1.48 bits per heavy atom. The zero-order valence-corrected chi connectivity index (χ0v) is 12.2. The van der Waals surface area contributed by atoms with Gasteiger partial charge in [-0.25, -0.2) is 0 Å². The molecule has 3 heterocycles. The highest BCUT2D eigenvalue weighted by molar-refractivity contribution is 5.51. The van der Waals surface area contributed by atoms with Crippen molar-refractivity contribution < 1.29 is 14.0 Å². The van der Waals surface area contributed by atoms with Crippen LogP contribution < -0.4 is 0 Å². The van der Waals surface area contributed by atoms with Gasteiger partial charge in [-0.15, -0.1) is 0 Å². The Morgan fingerprint density at radius 3 is 3.14 bits per heavy atom. The van der Waals surface area contributed by atoms with Gasteiger partial charge in [-0.05, 0) is 31.9 Å². The van der Waals surface area contributed by atoms with Gasteiger partial charge < -0.3 is 14.0 Å². The molecule has 0 amide bonds. The molecule has 6 nitrogen and oxygen atoms in total. The fraction of sp³-hybridized carbons (Fsp3) is 0.600. The molecule has 1 fully saturated rings. The molecule has 2 unspecified atom stereocenters. The van der Waals surface area contributed by atoms with E-state index in [1.165, 1.54) is 6.42 Å². The molecule has 0 saturated carbocycles. The first-order valence-electron chi connectivity index (χ1n) is 7.55. The number of furan rings is 1. The zero-order chi connectivity index (χ0) is 14.7. The second kappa shape index (κ2) is 6.41. The van der Waals surface area contributed by atoms with E-state index in [1.54, 1.807) is 18.6 Å². The summed E-state index contributed by atoms with van der Waals surface area (Å²) in [6, 6.07) is 1.99. The van der Waals surface area contributed by atoms with Crippen molar-refractivity contribution in [2.45, 2.75) is 51.3 Å².